The molecule has 1 aromatic carbocycles. The van der Waals surface area contributed by atoms with Crippen LogP contribution in [0.25, 0.3) is 11.0 Å². The number of fused-ring (bicyclic) bond motifs is 1. The maximum Gasteiger partial charge on any atom is 0.161 e. The van der Waals surface area contributed by atoms with E-state index in [1.165, 1.54) is 0 Å². The molecule has 3 nitrogen and oxygen atoms in total. The van der Waals surface area contributed by atoms with E-state index >= 15 is 0 Å². The maximum absolute atomic E-state index is 13.0. The Labute approximate surface area is 98.5 Å². The van der Waals surface area contributed by atoms with Gasteiger partial charge in [-0.1, -0.05) is 13.8 Å². The summed E-state index contributed by atoms with van der Waals surface area (Å²) in [6.07, 6.45) is 0. The second-order valence-corrected chi connectivity index (χ2v) is 3.93. The van der Waals surface area contributed by atoms with E-state index in [1.54, 1.807) is 0 Å². The molecule has 0 aliphatic rings. The fourth-order valence-electron chi connectivity index (χ4n) is 1.79. The summed E-state index contributed by atoms with van der Waals surface area (Å²) in [7, 11) is 0. The minimum Gasteiger partial charge on any atom is -0.341 e. The van der Waals surface area contributed by atoms with Crippen molar-refractivity contribution in [2.75, 3.05) is 13.1 Å². The molecule has 2 aromatic rings. The molecule has 0 radical (unpaired) electrons. The number of aromatic amines is 1. The molecule has 0 saturated heterocycles. The van der Waals surface area contributed by atoms with E-state index in [0.29, 0.717) is 17.6 Å². The molecule has 0 aliphatic carbocycles. The predicted octanol–water partition coefficient (Wildman–Crippen LogP) is 2.68. The molecule has 0 spiro atoms. The molecular weight excluding hydrogens is 224 g/mol. The third-order valence-corrected chi connectivity index (χ3v) is 2.84. The van der Waals surface area contributed by atoms with Gasteiger partial charge in [-0.3, -0.25) is 4.90 Å². The number of nitrogens with one attached hydrogen (secondary N) is 1. The largest absolute Gasteiger partial charge is 0.341 e. The predicted molar refractivity (Wildman–Crippen MR) is 62.6 cm³/mol. The van der Waals surface area contributed by atoms with Crippen molar-refractivity contribution in [3.8, 4) is 0 Å². The summed E-state index contributed by atoms with van der Waals surface area (Å²) in [5.74, 6) is -0.984. The van der Waals surface area contributed by atoms with Gasteiger partial charge in [0.2, 0.25) is 0 Å². The lowest BCUT2D eigenvalue weighted by Gasteiger charge is -2.15. The number of benzene rings is 1. The third-order valence-electron chi connectivity index (χ3n) is 2.84. The van der Waals surface area contributed by atoms with Crippen LogP contribution in [0.4, 0.5) is 8.78 Å². The molecule has 17 heavy (non-hydrogen) atoms. The van der Waals surface area contributed by atoms with Crippen LogP contribution in [0, 0.1) is 11.6 Å². The summed E-state index contributed by atoms with van der Waals surface area (Å²) >= 11 is 0. The van der Waals surface area contributed by atoms with Crippen molar-refractivity contribution in [1.82, 2.24) is 14.9 Å². The number of hydrogen-bond acceptors (Lipinski definition) is 2. The molecule has 1 N–H and O–H groups in total. The van der Waals surface area contributed by atoms with Crippen molar-refractivity contribution < 1.29 is 8.78 Å². The quantitative estimate of drug-likeness (QED) is 0.889. The summed E-state index contributed by atoms with van der Waals surface area (Å²) in [6, 6.07) is 2.26. The fourth-order valence-corrected chi connectivity index (χ4v) is 1.79. The second-order valence-electron chi connectivity index (χ2n) is 3.93. The first kappa shape index (κ1) is 12.0. The van der Waals surface area contributed by atoms with Crippen LogP contribution in [0.2, 0.25) is 0 Å². The summed E-state index contributed by atoms with van der Waals surface area (Å²) in [4.78, 5) is 9.42. The molecular formula is C12H15F2N3. The van der Waals surface area contributed by atoms with Crippen LogP contribution < -0.4 is 0 Å². The standard InChI is InChI=1S/C12H15F2N3/c1-3-17(4-2)7-12-15-10-5-8(13)9(14)6-11(10)16-12/h5-6H,3-4,7H2,1-2H3,(H,15,16). The molecule has 0 atom stereocenters. The van der Waals surface area contributed by atoms with Gasteiger partial charge in [0.1, 0.15) is 5.82 Å². The zero-order valence-corrected chi connectivity index (χ0v) is 9.93. The summed E-state index contributed by atoms with van der Waals surface area (Å²) in [5.41, 5.74) is 0.997. The first-order valence-electron chi connectivity index (χ1n) is 5.70. The third kappa shape index (κ3) is 2.44. The zero-order chi connectivity index (χ0) is 12.4. The molecule has 92 valence electrons. The van der Waals surface area contributed by atoms with Crippen molar-refractivity contribution in [1.29, 1.82) is 0 Å². The van der Waals surface area contributed by atoms with Crippen LogP contribution >= 0.6 is 0 Å². The van der Waals surface area contributed by atoms with Gasteiger partial charge in [0.25, 0.3) is 0 Å². The van der Waals surface area contributed by atoms with Crippen LogP contribution in [-0.2, 0) is 6.54 Å². The van der Waals surface area contributed by atoms with Gasteiger partial charge in [0.15, 0.2) is 11.6 Å². The number of nitrogens with zero attached hydrogens (tertiary/aromatic N) is 2. The minimum atomic E-state index is -0.863. The van der Waals surface area contributed by atoms with E-state index < -0.39 is 11.6 Å². The Hall–Kier alpha value is -1.49. The highest BCUT2D eigenvalue weighted by Gasteiger charge is 2.10. The monoisotopic (exact) mass is 239 g/mol. The van der Waals surface area contributed by atoms with E-state index in [-0.39, 0.29) is 0 Å². The van der Waals surface area contributed by atoms with Crippen molar-refractivity contribution in [3.63, 3.8) is 0 Å². The molecule has 0 unspecified atom stereocenters. The lowest BCUT2D eigenvalue weighted by molar-refractivity contribution is 0.289. The van der Waals surface area contributed by atoms with Crippen molar-refractivity contribution in [2.24, 2.45) is 0 Å². The van der Waals surface area contributed by atoms with Gasteiger partial charge >= 0.3 is 0 Å². The zero-order valence-electron chi connectivity index (χ0n) is 9.93. The molecule has 5 heteroatoms. The average Bonchev–Trinajstić information content (AvgIpc) is 2.68. The van der Waals surface area contributed by atoms with Gasteiger partial charge in [0, 0.05) is 12.1 Å². The molecule has 1 heterocycles. The molecule has 0 amide bonds. The van der Waals surface area contributed by atoms with Crippen LogP contribution in [0.1, 0.15) is 19.7 Å². The van der Waals surface area contributed by atoms with E-state index in [2.05, 4.69) is 28.7 Å². The van der Waals surface area contributed by atoms with Gasteiger partial charge in [-0.15, -0.1) is 0 Å². The van der Waals surface area contributed by atoms with Gasteiger partial charge in [-0.2, -0.15) is 0 Å². The van der Waals surface area contributed by atoms with Gasteiger partial charge < -0.3 is 4.98 Å². The highest BCUT2D eigenvalue weighted by atomic mass is 19.2. The van der Waals surface area contributed by atoms with Crippen molar-refractivity contribution in [3.05, 3.63) is 29.6 Å². The number of rotatable bonds is 4. The SMILES string of the molecule is CCN(CC)Cc1nc2cc(F)c(F)cc2[nH]1. The number of imidazole rings is 1. The number of H-pyrrole nitrogens is 1. The normalized spacial score (nSPS) is 11.6. The van der Waals surface area contributed by atoms with Gasteiger partial charge in [-0.05, 0) is 13.1 Å². The number of halogens is 2. The van der Waals surface area contributed by atoms with Crippen molar-refractivity contribution >= 4 is 11.0 Å². The Morgan fingerprint density at radius 1 is 1.18 bits per heavy atom. The Morgan fingerprint density at radius 2 is 1.82 bits per heavy atom. The molecule has 1 aromatic heterocycles. The van der Waals surface area contributed by atoms with Crippen LogP contribution in [-0.4, -0.2) is 28.0 Å². The molecule has 0 aliphatic heterocycles. The van der Waals surface area contributed by atoms with Gasteiger partial charge in [0.05, 0.1) is 17.6 Å². The summed E-state index contributed by atoms with van der Waals surface area (Å²) in [5, 5.41) is 0. The Bertz CT molecular complexity index is 479. The molecule has 2 rings (SSSR count). The topological polar surface area (TPSA) is 31.9 Å². The molecule has 0 fully saturated rings. The number of hydrogen-bond donors (Lipinski definition) is 1. The first-order chi connectivity index (χ1) is 8.13. The van der Waals surface area contributed by atoms with Gasteiger partial charge in [-0.25, -0.2) is 13.8 Å². The summed E-state index contributed by atoms with van der Waals surface area (Å²) in [6.45, 7) is 6.61. The Kier molecular flexibility index (Phi) is 3.38. The Balaban J connectivity index is 2.31. The lowest BCUT2D eigenvalue weighted by Crippen LogP contribution is -2.22. The smallest absolute Gasteiger partial charge is 0.161 e. The average molecular weight is 239 g/mol. The second kappa shape index (κ2) is 4.79. The Morgan fingerprint density at radius 3 is 2.47 bits per heavy atom. The van der Waals surface area contributed by atoms with E-state index in [4.69, 9.17) is 0 Å². The highest BCUT2D eigenvalue weighted by Crippen LogP contribution is 2.16. The minimum absolute atomic E-state index is 0.464. The molecule has 0 saturated carbocycles. The van der Waals surface area contributed by atoms with Crippen LogP contribution in [0.5, 0.6) is 0 Å². The van der Waals surface area contributed by atoms with E-state index in [9.17, 15) is 8.78 Å². The van der Waals surface area contributed by atoms with Crippen molar-refractivity contribution in [2.45, 2.75) is 20.4 Å². The molecule has 0 bridgehead atoms. The summed E-state index contributed by atoms with van der Waals surface area (Å²) < 4.78 is 26.0. The van der Waals surface area contributed by atoms with Crippen LogP contribution in [0.15, 0.2) is 12.1 Å². The lowest BCUT2D eigenvalue weighted by atomic mass is 10.3. The van der Waals surface area contributed by atoms with E-state index in [1.807, 2.05) is 0 Å². The first-order valence-corrected chi connectivity index (χ1v) is 5.70. The van der Waals surface area contributed by atoms with Crippen LogP contribution in [0.3, 0.4) is 0 Å². The number of aromatic nitrogens is 2. The highest BCUT2D eigenvalue weighted by molar-refractivity contribution is 5.75. The fraction of sp³-hybridized carbons (Fsp3) is 0.417. The van der Waals surface area contributed by atoms with E-state index in [0.717, 1.165) is 31.0 Å². The maximum atomic E-state index is 13.0.